The van der Waals surface area contributed by atoms with Gasteiger partial charge in [0.25, 0.3) is 0 Å². The first-order chi connectivity index (χ1) is 9.23. The molecule has 1 atom stereocenters. The average Bonchev–Trinajstić information content (AvgIpc) is 3.10. The zero-order chi connectivity index (χ0) is 13.3. The molecule has 1 unspecified atom stereocenters. The summed E-state index contributed by atoms with van der Waals surface area (Å²) in [5.74, 6) is 0.966. The molecular weight excluding hydrogens is 236 g/mol. The zero-order valence-electron chi connectivity index (χ0n) is 12.0. The quantitative estimate of drug-likeness (QED) is 0.904. The predicted octanol–water partition coefficient (Wildman–Crippen LogP) is 2.89. The lowest BCUT2D eigenvalue weighted by molar-refractivity contribution is 0.404. The van der Waals surface area contributed by atoms with Crippen molar-refractivity contribution in [2.45, 2.75) is 38.1 Å². The Morgan fingerprint density at radius 3 is 2.63 bits per heavy atom. The summed E-state index contributed by atoms with van der Waals surface area (Å²) < 4.78 is 5.43. The van der Waals surface area contributed by atoms with Gasteiger partial charge in [0, 0.05) is 24.3 Å². The Kier molecular flexibility index (Phi) is 3.40. The van der Waals surface area contributed by atoms with Crippen LogP contribution in [0.5, 0.6) is 5.75 Å². The molecule has 2 aliphatic rings. The fourth-order valence-corrected chi connectivity index (χ4v) is 3.44. The van der Waals surface area contributed by atoms with Crippen molar-refractivity contribution in [2.24, 2.45) is 0 Å². The van der Waals surface area contributed by atoms with Gasteiger partial charge in [0.1, 0.15) is 5.75 Å². The Balaban J connectivity index is 2.02. The van der Waals surface area contributed by atoms with Crippen LogP contribution in [-0.4, -0.2) is 26.7 Å². The second kappa shape index (κ2) is 5.04. The number of anilines is 1. The summed E-state index contributed by atoms with van der Waals surface area (Å²) in [6, 6.07) is 6.56. The minimum Gasteiger partial charge on any atom is -0.497 e. The van der Waals surface area contributed by atoms with Crippen LogP contribution in [0.1, 0.15) is 38.2 Å². The van der Waals surface area contributed by atoms with Crippen molar-refractivity contribution in [2.75, 3.05) is 31.6 Å². The first-order valence-corrected chi connectivity index (χ1v) is 7.41. The lowest BCUT2D eigenvalue weighted by Gasteiger charge is -2.32. The van der Waals surface area contributed by atoms with Crippen molar-refractivity contribution >= 4 is 5.69 Å². The maximum absolute atomic E-state index is 5.43. The molecule has 0 radical (unpaired) electrons. The zero-order valence-corrected chi connectivity index (χ0v) is 12.0. The molecule has 2 aliphatic heterocycles. The Morgan fingerprint density at radius 2 is 2.00 bits per heavy atom. The highest BCUT2D eigenvalue weighted by atomic mass is 16.5. The van der Waals surface area contributed by atoms with Gasteiger partial charge in [-0.1, -0.05) is 0 Å². The molecule has 0 spiro atoms. The molecule has 2 heterocycles. The first-order valence-electron chi connectivity index (χ1n) is 7.41. The lowest BCUT2D eigenvalue weighted by Crippen LogP contribution is -2.35. The van der Waals surface area contributed by atoms with Crippen LogP contribution < -0.4 is 15.0 Å². The molecule has 3 nitrogen and oxygen atoms in total. The third-order valence-corrected chi connectivity index (χ3v) is 4.61. The second-order valence-corrected chi connectivity index (χ2v) is 5.94. The summed E-state index contributed by atoms with van der Waals surface area (Å²) in [5.41, 5.74) is 2.91. The Bertz CT molecular complexity index is 446. The molecule has 0 aliphatic carbocycles. The van der Waals surface area contributed by atoms with Crippen molar-refractivity contribution < 1.29 is 4.74 Å². The second-order valence-electron chi connectivity index (χ2n) is 5.94. The molecule has 0 amide bonds. The van der Waals surface area contributed by atoms with Gasteiger partial charge in [0.05, 0.1) is 7.11 Å². The number of nitrogens with one attached hydrogen (secondary N) is 1. The number of ether oxygens (including phenoxy) is 1. The number of hydrogen-bond donors (Lipinski definition) is 1. The van der Waals surface area contributed by atoms with Crippen LogP contribution in [-0.2, 0) is 5.54 Å². The summed E-state index contributed by atoms with van der Waals surface area (Å²) in [7, 11) is 1.75. The first kappa shape index (κ1) is 12.8. The molecular formula is C16H24N2O. The van der Waals surface area contributed by atoms with E-state index in [4.69, 9.17) is 4.74 Å². The topological polar surface area (TPSA) is 24.5 Å². The van der Waals surface area contributed by atoms with Gasteiger partial charge in [-0.25, -0.2) is 0 Å². The summed E-state index contributed by atoms with van der Waals surface area (Å²) in [6.45, 7) is 5.83. The van der Waals surface area contributed by atoms with E-state index in [1.807, 2.05) is 0 Å². The summed E-state index contributed by atoms with van der Waals surface area (Å²) in [4.78, 5) is 2.53. The molecule has 3 heteroatoms. The van der Waals surface area contributed by atoms with E-state index < -0.39 is 0 Å². The largest absolute Gasteiger partial charge is 0.497 e. The van der Waals surface area contributed by atoms with Crippen molar-refractivity contribution in [1.29, 1.82) is 0 Å². The highest BCUT2D eigenvalue weighted by molar-refractivity contribution is 5.60. The van der Waals surface area contributed by atoms with Gasteiger partial charge in [-0.2, -0.15) is 0 Å². The highest BCUT2D eigenvalue weighted by Crippen LogP contribution is 2.39. The highest BCUT2D eigenvalue weighted by Gasteiger charge is 2.34. The number of methoxy groups -OCH3 is 1. The Morgan fingerprint density at radius 1 is 1.21 bits per heavy atom. The fraction of sp³-hybridized carbons (Fsp3) is 0.625. The molecule has 1 N–H and O–H groups in total. The van der Waals surface area contributed by atoms with Crippen LogP contribution in [0, 0.1) is 0 Å². The van der Waals surface area contributed by atoms with Crippen molar-refractivity contribution in [1.82, 2.24) is 5.32 Å². The Labute approximate surface area is 115 Å². The molecule has 3 rings (SSSR count). The monoisotopic (exact) mass is 260 g/mol. The summed E-state index contributed by atoms with van der Waals surface area (Å²) in [5, 5.41) is 3.68. The van der Waals surface area contributed by atoms with Crippen LogP contribution in [0.3, 0.4) is 0 Å². The van der Waals surface area contributed by atoms with E-state index in [2.05, 4.69) is 35.3 Å². The number of nitrogens with zero attached hydrogens (tertiary/aromatic N) is 1. The van der Waals surface area contributed by atoms with Gasteiger partial charge in [0.15, 0.2) is 0 Å². The number of benzene rings is 1. The van der Waals surface area contributed by atoms with Crippen LogP contribution in [0.25, 0.3) is 0 Å². The van der Waals surface area contributed by atoms with Gasteiger partial charge in [-0.3, -0.25) is 0 Å². The molecule has 2 fully saturated rings. The van der Waals surface area contributed by atoms with Gasteiger partial charge >= 0.3 is 0 Å². The van der Waals surface area contributed by atoms with Gasteiger partial charge in [0.2, 0.25) is 0 Å². The summed E-state index contributed by atoms with van der Waals surface area (Å²) in [6.07, 6.45) is 5.10. The van der Waals surface area contributed by atoms with E-state index in [9.17, 15) is 0 Å². The van der Waals surface area contributed by atoms with E-state index in [1.165, 1.54) is 50.0 Å². The fourth-order valence-electron chi connectivity index (χ4n) is 3.44. The van der Waals surface area contributed by atoms with E-state index in [0.29, 0.717) is 0 Å². The molecule has 19 heavy (non-hydrogen) atoms. The number of hydrogen-bond acceptors (Lipinski definition) is 3. The van der Waals surface area contributed by atoms with Gasteiger partial charge in [-0.05, 0) is 62.9 Å². The SMILES string of the molecule is COc1ccc(N2CCCC2)c(C2(C)CCCN2)c1. The smallest absolute Gasteiger partial charge is 0.119 e. The van der Waals surface area contributed by atoms with E-state index >= 15 is 0 Å². The standard InChI is InChI=1S/C16H24N2O/c1-16(8-5-9-17-16)14-12-13(19-2)6-7-15(14)18-10-3-4-11-18/h6-7,12,17H,3-5,8-11H2,1-2H3. The maximum atomic E-state index is 5.43. The van der Waals surface area contributed by atoms with Gasteiger partial charge in [-0.15, -0.1) is 0 Å². The van der Waals surface area contributed by atoms with Crippen molar-refractivity contribution in [3.8, 4) is 5.75 Å². The third kappa shape index (κ3) is 2.32. The number of rotatable bonds is 3. The lowest BCUT2D eigenvalue weighted by atomic mass is 9.88. The molecule has 0 aromatic heterocycles. The molecule has 1 aromatic rings. The normalized spacial score (nSPS) is 26.9. The van der Waals surface area contributed by atoms with Crippen molar-refractivity contribution in [3.63, 3.8) is 0 Å². The minimum absolute atomic E-state index is 0.104. The summed E-state index contributed by atoms with van der Waals surface area (Å²) >= 11 is 0. The predicted molar refractivity (Wildman–Crippen MR) is 79.0 cm³/mol. The molecule has 2 saturated heterocycles. The maximum Gasteiger partial charge on any atom is 0.119 e. The van der Waals surface area contributed by atoms with Crippen molar-refractivity contribution in [3.05, 3.63) is 23.8 Å². The average molecular weight is 260 g/mol. The van der Waals surface area contributed by atoms with E-state index in [1.54, 1.807) is 7.11 Å². The van der Waals surface area contributed by atoms with Crippen LogP contribution in [0.15, 0.2) is 18.2 Å². The Hall–Kier alpha value is -1.22. The molecule has 1 aromatic carbocycles. The molecule has 104 valence electrons. The van der Waals surface area contributed by atoms with Crippen LogP contribution >= 0.6 is 0 Å². The third-order valence-electron chi connectivity index (χ3n) is 4.61. The minimum atomic E-state index is 0.104. The molecule has 0 saturated carbocycles. The van der Waals surface area contributed by atoms with E-state index in [0.717, 1.165) is 12.3 Å². The van der Waals surface area contributed by atoms with Crippen LogP contribution in [0.4, 0.5) is 5.69 Å². The molecule has 0 bridgehead atoms. The van der Waals surface area contributed by atoms with Crippen LogP contribution in [0.2, 0.25) is 0 Å². The van der Waals surface area contributed by atoms with Gasteiger partial charge < -0.3 is 15.0 Å². The van der Waals surface area contributed by atoms with E-state index in [-0.39, 0.29) is 5.54 Å².